The maximum Gasteiger partial charge on any atom is 0.100 e. The van der Waals surface area contributed by atoms with Gasteiger partial charge in [0.2, 0.25) is 0 Å². The Bertz CT molecular complexity index is 196. The summed E-state index contributed by atoms with van der Waals surface area (Å²) >= 11 is 0. The average Bonchev–Trinajstić information content (AvgIpc) is 2.04. The summed E-state index contributed by atoms with van der Waals surface area (Å²) in [5.74, 6) is 0.776. The highest BCUT2D eigenvalue weighted by atomic mass is 15.3. The van der Waals surface area contributed by atoms with Gasteiger partial charge in [0.25, 0.3) is 0 Å². The van der Waals surface area contributed by atoms with Crippen LogP contribution in [0.1, 0.15) is 19.8 Å². The predicted octanol–water partition coefficient (Wildman–Crippen LogP) is 0.743. The van der Waals surface area contributed by atoms with E-state index in [2.05, 4.69) is 6.92 Å². The highest BCUT2D eigenvalue weighted by Crippen LogP contribution is 2.09. The second-order valence-corrected chi connectivity index (χ2v) is 3.01. The van der Waals surface area contributed by atoms with Gasteiger partial charge in [-0.3, -0.25) is 0 Å². The van der Waals surface area contributed by atoms with Crippen LogP contribution in [0.5, 0.6) is 0 Å². The zero-order chi connectivity index (χ0) is 8.97. The summed E-state index contributed by atoms with van der Waals surface area (Å²) in [6.07, 6.45) is 8.01. The number of unbranched alkanes of at least 4 members (excludes halogenated alkanes) is 1. The lowest BCUT2D eigenvalue weighted by Gasteiger charge is -2.31. The number of allylic oxidation sites excluding steroid dienone is 2. The van der Waals surface area contributed by atoms with Crippen molar-refractivity contribution in [3.8, 4) is 0 Å². The first-order valence-electron chi connectivity index (χ1n) is 4.42. The van der Waals surface area contributed by atoms with E-state index in [1.807, 2.05) is 23.1 Å². The lowest BCUT2D eigenvalue weighted by atomic mass is 10.2. The Kier molecular flexibility index (Phi) is 3.17. The molecule has 0 radical (unpaired) electrons. The summed E-state index contributed by atoms with van der Waals surface area (Å²) in [6.45, 7) is 3.11. The fourth-order valence-electron chi connectivity index (χ4n) is 1.25. The van der Waals surface area contributed by atoms with Crippen molar-refractivity contribution in [2.75, 3.05) is 6.54 Å². The van der Waals surface area contributed by atoms with Crippen LogP contribution in [-0.4, -0.2) is 17.6 Å². The van der Waals surface area contributed by atoms with Gasteiger partial charge in [-0.2, -0.15) is 0 Å². The van der Waals surface area contributed by atoms with Crippen LogP contribution < -0.4 is 11.5 Å². The average molecular weight is 167 g/mol. The zero-order valence-corrected chi connectivity index (χ0v) is 7.53. The predicted molar refractivity (Wildman–Crippen MR) is 51.0 cm³/mol. The molecule has 0 aromatic heterocycles. The molecule has 0 saturated carbocycles. The van der Waals surface area contributed by atoms with Crippen molar-refractivity contribution in [2.24, 2.45) is 11.5 Å². The SMILES string of the molecule is CCCCN1C(N)=CC=CC1N. The molecule has 1 aliphatic heterocycles. The van der Waals surface area contributed by atoms with E-state index in [4.69, 9.17) is 11.5 Å². The molecule has 1 aliphatic rings. The number of rotatable bonds is 3. The Morgan fingerprint density at radius 1 is 1.58 bits per heavy atom. The number of nitrogens with two attached hydrogens (primary N) is 2. The van der Waals surface area contributed by atoms with Crippen molar-refractivity contribution in [2.45, 2.75) is 25.9 Å². The second-order valence-electron chi connectivity index (χ2n) is 3.01. The highest BCUT2D eigenvalue weighted by Gasteiger charge is 2.13. The Morgan fingerprint density at radius 3 is 2.92 bits per heavy atom. The van der Waals surface area contributed by atoms with Crippen LogP contribution in [0, 0.1) is 0 Å². The molecule has 1 unspecified atom stereocenters. The van der Waals surface area contributed by atoms with Gasteiger partial charge >= 0.3 is 0 Å². The first-order valence-corrected chi connectivity index (χ1v) is 4.42. The summed E-state index contributed by atoms with van der Waals surface area (Å²) in [7, 11) is 0. The van der Waals surface area contributed by atoms with Crippen LogP contribution in [0.2, 0.25) is 0 Å². The van der Waals surface area contributed by atoms with Gasteiger partial charge in [-0.25, -0.2) is 0 Å². The first kappa shape index (κ1) is 9.13. The largest absolute Gasteiger partial charge is 0.385 e. The summed E-state index contributed by atoms with van der Waals surface area (Å²) in [6, 6.07) is 0. The van der Waals surface area contributed by atoms with Crippen molar-refractivity contribution in [3.63, 3.8) is 0 Å². The van der Waals surface area contributed by atoms with Crippen molar-refractivity contribution in [1.29, 1.82) is 0 Å². The Morgan fingerprint density at radius 2 is 2.33 bits per heavy atom. The van der Waals surface area contributed by atoms with E-state index >= 15 is 0 Å². The van der Waals surface area contributed by atoms with Gasteiger partial charge in [-0.05, 0) is 18.6 Å². The molecule has 0 bridgehead atoms. The third kappa shape index (κ3) is 2.01. The Balaban J connectivity index is 2.50. The summed E-state index contributed by atoms with van der Waals surface area (Å²) in [5, 5.41) is 0. The molecule has 0 amide bonds. The molecule has 4 N–H and O–H groups in total. The summed E-state index contributed by atoms with van der Waals surface area (Å²) in [5.41, 5.74) is 11.6. The van der Waals surface area contributed by atoms with E-state index < -0.39 is 0 Å². The maximum absolute atomic E-state index is 5.83. The molecular weight excluding hydrogens is 150 g/mol. The minimum atomic E-state index is -0.0402. The van der Waals surface area contributed by atoms with Crippen LogP contribution in [0.3, 0.4) is 0 Å². The van der Waals surface area contributed by atoms with Crippen molar-refractivity contribution in [3.05, 3.63) is 24.0 Å². The molecule has 68 valence electrons. The van der Waals surface area contributed by atoms with Gasteiger partial charge in [0.05, 0.1) is 6.17 Å². The maximum atomic E-state index is 5.83. The molecule has 3 nitrogen and oxygen atoms in total. The van der Waals surface area contributed by atoms with Gasteiger partial charge in [0.15, 0.2) is 0 Å². The van der Waals surface area contributed by atoms with Gasteiger partial charge in [-0.1, -0.05) is 19.4 Å². The molecule has 1 atom stereocenters. The van der Waals surface area contributed by atoms with E-state index in [0.717, 1.165) is 18.8 Å². The standard InChI is InChI=1S/C9H17N3/c1-2-3-7-12-8(10)5-4-6-9(12)11/h4-6,8H,2-3,7,10-11H2,1H3. The van der Waals surface area contributed by atoms with Gasteiger partial charge in [-0.15, -0.1) is 0 Å². The van der Waals surface area contributed by atoms with E-state index in [-0.39, 0.29) is 6.17 Å². The quantitative estimate of drug-likeness (QED) is 0.652. The molecule has 0 fully saturated rings. The van der Waals surface area contributed by atoms with E-state index in [1.165, 1.54) is 6.42 Å². The minimum absolute atomic E-state index is 0.0402. The zero-order valence-electron chi connectivity index (χ0n) is 7.53. The fourth-order valence-corrected chi connectivity index (χ4v) is 1.25. The van der Waals surface area contributed by atoms with E-state index in [0.29, 0.717) is 0 Å². The van der Waals surface area contributed by atoms with E-state index in [1.54, 1.807) is 0 Å². The Hall–Kier alpha value is -0.960. The van der Waals surface area contributed by atoms with Gasteiger partial charge in [0, 0.05) is 6.54 Å². The molecule has 3 heteroatoms. The lowest BCUT2D eigenvalue weighted by molar-refractivity contribution is 0.285. The molecule has 1 heterocycles. The van der Waals surface area contributed by atoms with Gasteiger partial charge < -0.3 is 16.4 Å². The number of hydrogen-bond donors (Lipinski definition) is 2. The second kappa shape index (κ2) is 4.16. The van der Waals surface area contributed by atoms with Crippen molar-refractivity contribution < 1.29 is 0 Å². The lowest BCUT2D eigenvalue weighted by Crippen LogP contribution is -2.44. The van der Waals surface area contributed by atoms with Crippen LogP contribution in [0.25, 0.3) is 0 Å². The van der Waals surface area contributed by atoms with Crippen molar-refractivity contribution in [1.82, 2.24) is 4.90 Å². The molecule has 0 saturated heterocycles. The molecule has 0 spiro atoms. The summed E-state index contributed by atoms with van der Waals surface area (Å²) < 4.78 is 0. The molecule has 12 heavy (non-hydrogen) atoms. The molecular formula is C9H17N3. The minimum Gasteiger partial charge on any atom is -0.385 e. The third-order valence-corrected chi connectivity index (χ3v) is 2.02. The smallest absolute Gasteiger partial charge is 0.100 e. The topological polar surface area (TPSA) is 55.3 Å². The number of nitrogens with zero attached hydrogens (tertiary/aromatic N) is 1. The van der Waals surface area contributed by atoms with Crippen LogP contribution >= 0.6 is 0 Å². The highest BCUT2D eigenvalue weighted by molar-refractivity contribution is 5.17. The van der Waals surface area contributed by atoms with Crippen molar-refractivity contribution >= 4 is 0 Å². The van der Waals surface area contributed by atoms with E-state index in [9.17, 15) is 0 Å². The third-order valence-electron chi connectivity index (χ3n) is 2.02. The number of hydrogen-bond acceptors (Lipinski definition) is 3. The molecule has 0 aliphatic carbocycles. The monoisotopic (exact) mass is 167 g/mol. The Labute approximate surface area is 73.7 Å². The van der Waals surface area contributed by atoms with Crippen LogP contribution in [-0.2, 0) is 0 Å². The van der Waals surface area contributed by atoms with Crippen LogP contribution in [0.4, 0.5) is 0 Å². The summed E-state index contributed by atoms with van der Waals surface area (Å²) in [4.78, 5) is 2.02. The molecule has 0 aromatic rings. The normalized spacial score (nSPS) is 22.7. The fraction of sp³-hybridized carbons (Fsp3) is 0.556. The van der Waals surface area contributed by atoms with Gasteiger partial charge in [0.1, 0.15) is 5.82 Å². The first-order chi connectivity index (χ1) is 5.75. The van der Waals surface area contributed by atoms with Crippen LogP contribution in [0.15, 0.2) is 24.0 Å². The molecule has 1 rings (SSSR count). The molecule has 0 aromatic carbocycles.